The molecule has 2 N–H and O–H groups in total. The first-order valence-corrected chi connectivity index (χ1v) is 5.50. The molecule has 0 radical (unpaired) electrons. The largest absolute Gasteiger partial charge is 0.481 e. The Labute approximate surface area is 90.0 Å². The number of carboxylic acid groups (broad SMARTS) is 1. The lowest BCUT2D eigenvalue weighted by molar-refractivity contribution is -0.136. The topological polar surface area (TPSA) is 52.6 Å². The molecule has 84 valence electrons. The Bertz CT molecular complexity index is 278. The smallest absolute Gasteiger partial charge is 0.304 e. The van der Waals surface area contributed by atoms with E-state index in [9.17, 15) is 4.79 Å². The maximum Gasteiger partial charge on any atom is 0.304 e. The summed E-state index contributed by atoms with van der Waals surface area (Å²) in [5.41, 5.74) is 0. The molecule has 2 bridgehead atoms. The lowest BCUT2D eigenvalue weighted by Crippen LogP contribution is -2.56. The van der Waals surface area contributed by atoms with Crippen molar-refractivity contribution in [1.82, 2.24) is 10.2 Å². The van der Waals surface area contributed by atoms with Crippen LogP contribution in [0.2, 0.25) is 0 Å². The van der Waals surface area contributed by atoms with Gasteiger partial charge in [-0.05, 0) is 19.4 Å². The van der Waals surface area contributed by atoms with Crippen molar-refractivity contribution in [2.75, 3.05) is 20.1 Å². The van der Waals surface area contributed by atoms with Crippen LogP contribution in [0.4, 0.5) is 0 Å². The molecule has 0 amide bonds. The van der Waals surface area contributed by atoms with Gasteiger partial charge in [-0.1, -0.05) is 12.2 Å². The molecular formula is C11H18N2O2. The molecular weight excluding hydrogens is 192 g/mol. The van der Waals surface area contributed by atoms with E-state index in [0.29, 0.717) is 24.5 Å². The number of rotatable bonds is 4. The lowest BCUT2D eigenvalue weighted by Gasteiger charge is -2.45. The second kappa shape index (κ2) is 4.33. The van der Waals surface area contributed by atoms with Crippen molar-refractivity contribution in [3.05, 3.63) is 12.2 Å². The number of nitrogens with zero attached hydrogens (tertiary/aromatic N) is 1. The van der Waals surface area contributed by atoms with Crippen molar-refractivity contribution < 1.29 is 9.90 Å². The van der Waals surface area contributed by atoms with Gasteiger partial charge in [-0.2, -0.15) is 0 Å². The third-order valence-corrected chi connectivity index (χ3v) is 3.33. The predicted octanol–water partition coefficient (Wildman–Crippen LogP) is 0.309. The molecule has 0 aromatic heterocycles. The monoisotopic (exact) mass is 210 g/mol. The Kier molecular flexibility index (Phi) is 3.07. The van der Waals surface area contributed by atoms with Crippen LogP contribution in [0, 0.1) is 5.92 Å². The van der Waals surface area contributed by atoms with E-state index in [0.717, 1.165) is 13.0 Å². The van der Waals surface area contributed by atoms with Gasteiger partial charge in [-0.25, -0.2) is 0 Å². The Morgan fingerprint density at radius 2 is 2.40 bits per heavy atom. The summed E-state index contributed by atoms with van der Waals surface area (Å²) >= 11 is 0. The van der Waals surface area contributed by atoms with E-state index >= 15 is 0 Å². The maximum absolute atomic E-state index is 10.4. The van der Waals surface area contributed by atoms with Crippen molar-refractivity contribution in [2.24, 2.45) is 5.92 Å². The van der Waals surface area contributed by atoms with Gasteiger partial charge in [-0.15, -0.1) is 0 Å². The van der Waals surface area contributed by atoms with E-state index in [1.807, 2.05) is 0 Å². The van der Waals surface area contributed by atoms with Gasteiger partial charge in [0.2, 0.25) is 0 Å². The van der Waals surface area contributed by atoms with Gasteiger partial charge in [0.05, 0.1) is 6.42 Å². The van der Waals surface area contributed by atoms with Crippen molar-refractivity contribution in [3.63, 3.8) is 0 Å². The Morgan fingerprint density at radius 3 is 3.00 bits per heavy atom. The van der Waals surface area contributed by atoms with E-state index in [-0.39, 0.29) is 6.42 Å². The molecule has 2 aliphatic heterocycles. The minimum atomic E-state index is -0.729. The third kappa shape index (κ3) is 2.38. The summed E-state index contributed by atoms with van der Waals surface area (Å²) in [5, 5.41) is 11.9. The number of carboxylic acids is 1. The minimum absolute atomic E-state index is 0.210. The van der Waals surface area contributed by atoms with Crippen molar-refractivity contribution in [1.29, 1.82) is 0 Å². The molecule has 4 nitrogen and oxygen atoms in total. The number of aliphatic carboxylic acids is 1. The van der Waals surface area contributed by atoms with Gasteiger partial charge < -0.3 is 10.4 Å². The fourth-order valence-corrected chi connectivity index (χ4v) is 2.60. The van der Waals surface area contributed by atoms with E-state index in [4.69, 9.17) is 5.11 Å². The van der Waals surface area contributed by atoms with Gasteiger partial charge in [0.15, 0.2) is 0 Å². The second-order valence-corrected chi connectivity index (χ2v) is 4.52. The zero-order valence-corrected chi connectivity index (χ0v) is 9.02. The lowest BCUT2D eigenvalue weighted by atomic mass is 9.82. The summed E-state index contributed by atoms with van der Waals surface area (Å²) in [5.74, 6) is -0.0882. The summed E-state index contributed by atoms with van der Waals surface area (Å²) in [6.07, 6.45) is 5.89. The summed E-state index contributed by atoms with van der Waals surface area (Å²) in [6, 6.07) is 0.877. The van der Waals surface area contributed by atoms with Crippen LogP contribution in [-0.4, -0.2) is 48.2 Å². The van der Waals surface area contributed by atoms with Gasteiger partial charge in [0.1, 0.15) is 0 Å². The number of carbonyl (C=O) groups is 1. The summed E-state index contributed by atoms with van der Waals surface area (Å²) in [6.45, 7) is 1.71. The first kappa shape index (κ1) is 10.6. The summed E-state index contributed by atoms with van der Waals surface area (Å²) in [7, 11) is 2.13. The molecule has 0 aromatic carbocycles. The normalized spacial score (nSPS) is 34.6. The van der Waals surface area contributed by atoms with Gasteiger partial charge >= 0.3 is 5.97 Å². The maximum atomic E-state index is 10.4. The zero-order valence-electron chi connectivity index (χ0n) is 9.02. The van der Waals surface area contributed by atoms with Gasteiger partial charge in [0.25, 0.3) is 0 Å². The van der Waals surface area contributed by atoms with Crippen molar-refractivity contribution in [2.45, 2.75) is 24.9 Å². The highest BCUT2D eigenvalue weighted by Gasteiger charge is 2.34. The molecule has 3 atom stereocenters. The first-order chi connectivity index (χ1) is 7.16. The third-order valence-electron chi connectivity index (χ3n) is 3.33. The number of likely N-dealkylation sites (N-methyl/N-ethyl adjacent to an activating group) is 1. The standard InChI is InChI=1S/C11H18N2O2/c1-13-7-8-2-3-10(13)9(6-8)12-5-4-11(14)15/h2-3,8-10,12H,4-7H2,1H3,(H,14,15). The Hall–Kier alpha value is -0.870. The van der Waals surface area contributed by atoms with Crippen LogP contribution in [-0.2, 0) is 4.79 Å². The van der Waals surface area contributed by atoms with Crippen LogP contribution < -0.4 is 5.32 Å². The van der Waals surface area contributed by atoms with Gasteiger partial charge in [0, 0.05) is 25.2 Å². The van der Waals surface area contributed by atoms with Crippen LogP contribution in [0.15, 0.2) is 12.2 Å². The van der Waals surface area contributed by atoms with E-state index in [1.54, 1.807) is 0 Å². The molecule has 15 heavy (non-hydrogen) atoms. The first-order valence-electron chi connectivity index (χ1n) is 5.50. The average molecular weight is 210 g/mol. The summed E-state index contributed by atoms with van der Waals surface area (Å²) in [4.78, 5) is 12.7. The molecule has 0 saturated carbocycles. The molecule has 1 saturated heterocycles. The quantitative estimate of drug-likeness (QED) is 0.656. The Morgan fingerprint density at radius 1 is 1.60 bits per heavy atom. The van der Waals surface area contributed by atoms with E-state index in [2.05, 4.69) is 29.4 Å². The Balaban J connectivity index is 1.84. The number of fused-ring (bicyclic) bond motifs is 2. The number of nitrogens with one attached hydrogen (secondary N) is 1. The molecule has 2 heterocycles. The zero-order chi connectivity index (χ0) is 10.8. The average Bonchev–Trinajstić information content (AvgIpc) is 2.17. The van der Waals surface area contributed by atoms with Crippen LogP contribution in [0.25, 0.3) is 0 Å². The van der Waals surface area contributed by atoms with Crippen molar-refractivity contribution in [3.8, 4) is 0 Å². The van der Waals surface area contributed by atoms with Crippen LogP contribution >= 0.6 is 0 Å². The van der Waals surface area contributed by atoms with Crippen LogP contribution in [0.1, 0.15) is 12.8 Å². The van der Waals surface area contributed by atoms with Crippen LogP contribution in [0.5, 0.6) is 0 Å². The molecule has 3 aliphatic rings. The van der Waals surface area contributed by atoms with Crippen molar-refractivity contribution >= 4 is 5.97 Å². The number of piperidine rings is 1. The molecule has 3 rings (SSSR count). The second-order valence-electron chi connectivity index (χ2n) is 4.52. The molecule has 3 unspecified atom stereocenters. The SMILES string of the molecule is CN1CC2C=CC1C(NCCC(=O)O)C2. The molecule has 0 aromatic rings. The summed E-state index contributed by atoms with van der Waals surface area (Å²) < 4.78 is 0. The molecule has 1 fully saturated rings. The van der Waals surface area contributed by atoms with E-state index < -0.39 is 5.97 Å². The highest BCUT2D eigenvalue weighted by Crippen LogP contribution is 2.28. The highest BCUT2D eigenvalue weighted by molar-refractivity contribution is 5.66. The minimum Gasteiger partial charge on any atom is -0.481 e. The molecule has 0 spiro atoms. The number of hydrogen-bond acceptors (Lipinski definition) is 3. The van der Waals surface area contributed by atoms with Crippen LogP contribution in [0.3, 0.4) is 0 Å². The van der Waals surface area contributed by atoms with E-state index in [1.165, 1.54) is 0 Å². The molecule has 4 heteroatoms. The fraction of sp³-hybridized carbons (Fsp3) is 0.727. The highest BCUT2D eigenvalue weighted by atomic mass is 16.4. The van der Waals surface area contributed by atoms with Gasteiger partial charge in [-0.3, -0.25) is 9.69 Å². The predicted molar refractivity (Wildman–Crippen MR) is 57.7 cm³/mol. The fourth-order valence-electron chi connectivity index (χ4n) is 2.60. The number of hydrogen-bond donors (Lipinski definition) is 2. The molecule has 1 aliphatic carbocycles.